The fourth-order valence-electron chi connectivity index (χ4n) is 3.77. The maximum absolute atomic E-state index is 14.1. The summed E-state index contributed by atoms with van der Waals surface area (Å²) >= 11 is 6.75. The topological polar surface area (TPSA) is 69.9 Å². The van der Waals surface area contributed by atoms with Crippen LogP contribution in [0.15, 0.2) is 69.6 Å². The Morgan fingerprint density at radius 2 is 2.00 bits per heavy atom. The van der Waals surface area contributed by atoms with Crippen molar-refractivity contribution in [3.63, 3.8) is 0 Å². The van der Waals surface area contributed by atoms with Crippen molar-refractivity contribution in [2.75, 3.05) is 13.2 Å². The van der Waals surface area contributed by atoms with Gasteiger partial charge in [-0.2, -0.15) is 13.2 Å². The number of rotatable bonds is 6. The third-order valence-electron chi connectivity index (χ3n) is 5.26. The Balaban J connectivity index is 1.98. The van der Waals surface area contributed by atoms with Crippen LogP contribution in [0.5, 0.6) is 5.75 Å². The van der Waals surface area contributed by atoms with Gasteiger partial charge in [0, 0.05) is 5.02 Å². The number of hydrogen-bond acceptors (Lipinski definition) is 6. The van der Waals surface area contributed by atoms with E-state index in [1.807, 2.05) is 0 Å². The lowest BCUT2D eigenvalue weighted by molar-refractivity contribution is -0.140. The highest BCUT2D eigenvalue weighted by atomic mass is 35.5. The van der Waals surface area contributed by atoms with Gasteiger partial charge in [0.25, 0.3) is 5.56 Å². The molecule has 0 unspecified atom stereocenters. The Morgan fingerprint density at radius 1 is 1.27 bits per heavy atom. The van der Waals surface area contributed by atoms with Crippen LogP contribution in [0.4, 0.5) is 13.2 Å². The summed E-state index contributed by atoms with van der Waals surface area (Å²) in [7, 11) is 0. The van der Waals surface area contributed by atoms with Crippen LogP contribution in [-0.4, -0.2) is 29.9 Å². The number of terminal acetylenes is 1. The molecule has 37 heavy (non-hydrogen) atoms. The molecule has 2 heterocycles. The fraction of sp³-hybridized carbons (Fsp3) is 0.192. The maximum atomic E-state index is 14.1. The molecule has 0 amide bonds. The summed E-state index contributed by atoms with van der Waals surface area (Å²) in [6.45, 7) is 1.35. The summed E-state index contributed by atoms with van der Waals surface area (Å²) in [6.07, 6.45) is 1.74. The number of thiazole rings is 1. The second-order valence-electron chi connectivity index (χ2n) is 7.68. The molecule has 0 saturated carbocycles. The van der Waals surface area contributed by atoms with Crippen molar-refractivity contribution in [3.8, 4) is 18.1 Å². The largest absolute Gasteiger partial charge is 0.481 e. The minimum Gasteiger partial charge on any atom is -0.481 e. The van der Waals surface area contributed by atoms with Gasteiger partial charge in [0.2, 0.25) is 0 Å². The number of halogens is 4. The summed E-state index contributed by atoms with van der Waals surface area (Å²) in [4.78, 5) is 29.9. The summed E-state index contributed by atoms with van der Waals surface area (Å²) in [5.74, 6) is 1.60. The van der Waals surface area contributed by atoms with Gasteiger partial charge in [0.1, 0.15) is 12.4 Å². The van der Waals surface area contributed by atoms with Crippen molar-refractivity contribution >= 4 is 35.0 Å². The third kappa shape index (κ3) is 5.48. The summed E-state index contributed by atoms with van der Waals surface area (Å²) in [5, 5.41) is 0.334. The molecular formula is C26H18ClF3N2O4S. The molecule has 0 N–H and O–H groups in total. The van der Waals surface area contributed by atoms with Gasteiger partial charge in [-0.15, -0.1) is 6.42 Å². The first-order valence-electron chi connectivity index (χ1n) is 10.9. The Labute approximate surface area is 217 Å². The first kappa shape index (κ1) is 26.3. The average molecular weight is 547 g/mol. The molecule has 3 aromatic rings. The molecule has 11 heteroatoms. The highest BCUT2D eigenvalue weighted by Gasteiger charge is 2.45. The number of carbonyl (C=O) groups excluding carboxylic acids is 1. The van der Waals surface area contributed by atoms with E-state index in [9.17, 15) is 22.8 Å². The predicted molar refractivity (Wildman–Crippen MR) is 133 cm³/mol. The standard InChI is InChI=1S/C26H18ClF3N2O4S/c1-3-12-36-18-7-5-6-15(13-18)14-19-23(33)32-21(16-8-10-17(27)11-9-16)20(24(34)35-4-2)22(26(28,29)30)31-25(32)37-19/h1,5-11,13-14,21H,4,12H2,2H3/b19-14-/t21-/m1/s1. The lowest BCUT2D eigenvalue weighted by Gasteiger charge is -2.26. The molecule has 1 aliphatic rings. The molecule has 0 bridgehead atoms. The first-order chi connectivity index (χ1) is 17.6. The highest BCUT2D eigenvalue weighted by molar-refractivity contribution is 7.07. The summed E-state index contributed by atoms with van der Waals surface area (Å²) in [5.41, 5.74) is -2.02. The van der Waals surface area contributed by atoms with E-state index in [1.165, 1.54) is 37.3 Å². The molecule has 1 aliphatic heterocycles. The van der Waals surface area contributed by atoms with Gasteiger partial charge in [-0.3, -0.25) is 9.36 Å². The van der Waals surface area contributed by atoms with Gasteiger partial charge >= 0.3 is 12.1 Å². The van der Waals surface area contributed by atoms with Gasteiger partial charge < -0.3 is 9.47 Å². The number of ether oxygens (including phenoxy) is 2. The smallest absolute Gasteiger partial charge is 0.434 e. The van der Waals surface area contributed by atoms with Gasteiger partial charge in [0.15, 0.2) is 10.5 Å². The predicted octanol–water partition coefficient (Wildman–Crippen LogP) is 4.01. The molecule has 1 aromatic heterocycles. The molecule has 0 spiro atoms. The van der Waals surface area contributed by atoms with Crippen LogP contribution in [0, 0.1) is 12.3 Å². The van der Waals surface area contributed by atoms with Crippen LogP contribution >= 0.6 is 22.9 Å². The van der Waals surface area contributed by atoms with Crippen molar-refractivity contribution in [2.45, 2.75) is 19.1 Å². The van der Waals surface area contributed by atoms with Crippen LogP contribution in [0.3, 0.4) is 0 Å². The Hall–Kier alpha value is -3.81. The van der Waals surface area contributed by atoms with E-state index in [2.05, 4.69) is 10.9 Å². The minimum atomic E-state index is -4.98. The number of alkyl halides is 3. The molecular weight excluding hydrogens is 529 g/mol. The van der Waals surface area contributed by atoms with Gasteiger partial charge in [-0.1, -0.05) is 53.1 Å². The van der Waals surface area contributed by atoms with Crippen LogP contribution in [0.25, 0.3) is 6.08 Å². The van der Waals surface area contributed by atoms with Gasteiger partial charge in [0.05, 0.1) is 22.8 Å². The van der Waals surface area contributed by atoms with Crippen molar-refractivity contribution in [1.82, 2.24) is 4.57 Å². The molecule has 1 atom stereocenters. The number of fused-ring (bicyclic) bond motifs is 1. The second kappa shape index (κ2) is 10.7. The summed E-state index contributed by atoms with van der Waals surface area (Å²) in [6, 6.07) is 11.1. The Kier molecular flexibility index (Phi) is 7.57. The normalized spacial score (nSPS) is 15.6. The minimum absolute atomic E-state index is 0.0452. The summed E-state index contributed by atoms with van der Waals surface area (Å²) < 4.78 is 54.0. The van der Waals surface area contributed by atoms with E-state index in [1.54, 1.807) is 24.3 Å². The molecule has 190 valence electrons. The Morgan fingerprint density at radius 3 is 2.65 bits per heavy atom. The number of allylic oxidation sites excluding steroid dienone is 1. The van der Waals surface area contributed by atoms with Crippen LogP contribution in [-0.2, 0) is 9.53 Å². The van der Waals surface area contributed by atoms with E-state index in [0.717, 1.165) is 15.9 Å². The lowest BCUT2D eigenvalue weighted by Crippen LogP contribution is -2.41. The maximum Gasteiger partial charge on any atom is 0.434 e. The zero-order valence-electron chi connectivity index (χ0n) is 19.2. The number of benzene rings is 2. The van der Waals surface area contributed by atoms with Crippen molar-refractivity contribution in [3.05, 3.63) is 95.6 Å². The van der Waals surface area contributed by atoms with Gasteiger partial charge in [-0.25, -0.2) is 9.79 Å². The second-order valence-corrected chi connectivity index (χ2v) is 9.13. The SMILES string of the molecule is C#CCOc1cccc(/C=c2\sc3n(c2=O)[C@H](c2ccc(Cl)cc2)C(C(=O)OCC)=C(C(F)(F)F)N=3)c1. The molecule has 6 nitrogen and oxygen atoms in total. The van der Waals surface area contributed by atoms with Gasteiger partial charge in [-0.05, 0) is 48.4 Å². The molecule has 0 fully saturated rings. The van der Waals surface area contributed by atoms with Crippen molar-refractivity contribution < 1.29 is 27.4 Å². The highest BCUT2D eigenvalue weighted by Crippen LogP contribution is 2.38. The van der Waals surface area contributed by atoms with Crippen molar-refractivity contribution in [2.24, 2.45) is 4.99 Å². The fourth-order valence-corrected chi connectivity index (χ4v) is 4.90. The Bertz CT molecular complexity index is 1600. The third-order valence-corrected chi connectivity index (χ3v) is 6.49. The zero-order chi connectivity index (χ0) is 26.7. The van der Waals surface area contributed by atoms with E-state index in [0.29, 0.717) is 16.3 Å². The van der Waals surface area contributed by atoms with E-state index in [-0.39, 0.29) is 28.1 Å². The monoisotopic (exact) mass is 546 g/mol. The molecule has 0 radical (unpaired) electrons. The molecule has 0 saturated heterocycles. The molecule has 0 aliphatic carbocycles. The quantitative estimate of drug-likeness (QED) is 0.346. The molecule has 4 rings (SSSR count). The molecule has 2 aromatic carbocycles. The number of esters is 1. The van der Waals surface area contributed by atoms with E-state index >= 15 is 0 Å². The number of nitrogens with zero attached hydrogens (tertiary/aromatic N) is 2. The van der Waals surface area contributed by atoms with Crippen molar-refractivity contribution in [1.29, 1.82) is 0 Å². The van der Waals surface area contributed by atoms with Crippen LogP contribution < -0.4 is 19.6 Å². The number of hydrogen-bond donors (Lipinski definition) is 0. The first-order valence-corrected chi connectivity index (χ1v) is 12.1. The van der Waals surface area contributed by atoms with E-state index < -0.39 is 35.0 Å². The van der Waals surface area contributed by atoms with E-state index in [4.69, 9.17) is 27.5 Å². The number of carbonyl (C=O) groups is 1. The average Bonchev–Trinajstić information content (AvgIpc) is 3.17. The van der Waals surface area contributed by atoms with Crippen LogP contribution in [0.1, 0.15) is 24.1 Å². The number of aromatic nitrogens is 1. The van der Waals surface area contributed by atoms with Crippen LogP contribution in [0.2, 0.25) is 5.02 Å². The lowest BCUT2D eigenvalue weighted by atomic mass is 9.95. The zero-order valence-corrected chi connectivity index (χ0v) is 20.8.